The summed E-state index contributed by atoms with van der Waals surface area (Å²) in [6, 6.07) is 0. The monoisotopic (exact) mass is 272 g/mol. The van der Waals surface area contributed by atoms with Crippen LogP contribution in [0.15, 0.2) is 23.3 Å². The van der Waals surface area contributed by atoms with E-state index in [9.17, 15) is 4.79 Å². The Hall–Kier alpha value is -0.850. The van der Waals surface area contributed by atoms with Crippen LogP contribution in [0.3, 0.4) is 0 Å². The van der Waals surface area contributed by atoms with Crippen LogP contribution >= 0.6 is 0 Å². The van der Waals surface area contributed by atoms with Crippen LogP contribution < -0.4 is 0 Å². The molecule has 3 rings (SSSR count). The van der Waals surface area contributed by atoms with Crippen molar-refractivity contribution < 1.29 is 4.79 Å². The molecule has 110 valence electrons. The van der Waals surface area contributed by atoms with Gasteiger partial charge in [0.15, 0.2) is 5.78 Å². The number of rotatable bonds is 2. The number of hydrogen-bond acceptors (Lipinski definition) is 1. The van der Waals surface area contributed by atoms with Crippen LogP contribution in [0.25, 0.3) is 0 Å². The van der Waals surface area contributed by atoms with E-state index >= 15 is 0 Å². The van der Waals surface area contributed by atoms with Crippen LogP contribution in [0.2, 0.25) is 0 Å². The predicted molar refractivity (Wildman–Crippen MR) is 83.6 cm³/mol. The van der Waals surface area contributed by atoms with Crippen molar-refractivity contribution in [3.63, 3.8) is 0 Å². The Labute approximate surface area is 123 Å². The van der Waals surface area contributed by atoms with Gasteiger partial charge < -0.3 is 0 Å². The van der Waals surface area contributed by atoms with Crippen molar-refractivity contribution in [1.29, 1.82) is 0 Å². The van der Waals surface area contributed by atoms with E-state index in [0.717, 1.165) is 24.0 Å². The normalized spacial score (nSPS) is 30.5. The standard InChI is InChI=1S/C19H28O/c20-19-17(13-15-7-3-1-4-8-15)11-12-18(19)14-16-9-5-2-6-10-16/h13-16H,1-12H2/b17-13+,18-14+. The van der Waals surface area contributed by atoms with E-state index in [1.165, 1.54) is 64.2 Å². The zero-order valence-corrected chi connectivity index (χ0v) is 12.7. The summed E-state index contributed by atoms with van der Waals surface area (Å²) in [5.74, 6) is 1.77. The lowest BCUT2D eigenvalue weighted by atomic mass is 9.86. The highest BCUT2D eigenvalue weighted by Crippen LogP contribution is 2.34. The van der Waals surface area contributed by atoms with Gasteiger partial charge in [0.25, 0.3) is 0 Å². The Morgan fingerprint density at radius 3 is 1.45 bits per heavy atom. The van der Waals surface area contributed by atoms with Gasteiger partial charge in [0.05, 0.1) is 0 Å². The Balaban J connectivity index is 1.63. The molecule has 1 heteroatoms. The van der Waals surface area contributed by atoms with Crippen LogP contribution in [0, 0.1) is 11.8 Å². The maximum atomic E-state index is 12.5. The van der Waals surface area contributed by atoms with E-state index in [0.29, 0.717) is 17.6 Å². The summed E-state index contributed by atoms with van der Waals surface area (Å²) >= 11 is 0. The van der Waals surface area contributed by atoms with E-state index in [4.69, 9.17) is 0 Å². The molecule has 3 aliphatic carbocycles. The molecule has 20 heavy (non-hydrogen) atoms. The first kappa shape index (κ1) is 14.1. The number of hydrogen-bond donors (Lipinski definition) is 0. The van der Waals surface area contributed by atoms with Gasteiger partial charge in [-0.25, -0.2) is 0 Å². The fourth-order valence-electron chi connectivity index (χ4n) is 4.19. The molecule has 0 aromatic carbocycles. The summed E-state index contributed by atoms with van der Waals surface area (Å²) in [5.41, 5.74) is 2.28. The summed E-state index contributed by atoms with van der Waals surface area (Å²) in [5, 5.41) is 0. The summed E-state index contributed by atoms with van der Waals surface area (Å²) in [7, 11) is 0. The fourth-order valence-corrected chi connectivity index (χ4v) is 4.19. The highest BCUT2D eigenvalue weighted by atomic mass is 16.1. The molecule has 0 unspecified atom stereocenters. The van der Waals surface area contributed by atoms with Crippen LogP contribution in [-0.2, 0) is 4.79 Å². The maximum Gasteiger partial charge on any atom is 0.184 e. The van der Waals surface area contributed by atoms with E-state index < -0.39 is 0 Å². The van der Waals surface area contributed by atoms with Crippen LogP contribution in [0.5, 0.6) is 0 Å². The number of Topliss-reactive ketones (excluding diaryl/α,β-unsaturated/α-hetero) is 1. The summed E-state index contributed by atoms with van der Waals surface area (Å²) in [4.78, 5) is 12.5. The lowest BCUT2D eigenvalue weighted by Crippen LogP contribution is -2.07. The van der Waals surface area contributed by atoms with Gasteiger partial charge in [-0.2, -0.15) is 0 Å². The first-order valence-corrected chi connectivity index (χ1v) is 8.79. The Morgan fingerprint density at radius 1 is 0.650 bits per heavy atom. The molecule has 0 spiro atoms. The third kappa shape index (κ3) is 3.42. The average Bonchev–Trinajstić information content (AvgIpc) is 2.83. The number of allylic oxidation sites excluding steroid dienone is 4. The van der Waals surface area contributed by atoms with Crippen molar-refractivity contribution in [1.82, 2.24) is 0 Å². The van der Waals surface area contributed by atoms with Gasteiger partial charge in [0.1, 0.15) is 0 Å². The average molecular weight is 272 g/mol. The first-order chi connectivity index (χ1) is 9.83. The Morgan fingerprint density at radius 2 is 1.05 bits per heavy atom. The van der Waals surface area contributed by atoms with Crippen LogP contribution in [-0.4, -0.2) is 5.78 Å². The highest BCUT2D eigenvalue weighted by Gasteiger charge is 2.25. The zero-order chi connectivity index (χ0) is 13.8. The minimum Gasteiger partial charge on any atom is -0.289 e. The molecular formula is C19H28O. The largest absolute Gasteiger partial charge is 0.289 e. The van der Waals surface area contributed by atoms with E-state index in [1.54, 1.807) is 0 Å². The Bertz CT molecular complexity index is 365. The molecule has 3 aliphatic rings. The third-order valence-electron chi connectivity index (χ3n) is 5.42. The van der Waals surface area contributed by atoms with Crippen molar-refractivity contribution in [2.45, 2.75) is 77.0 Å². The van der Waals surface area contributed by atoms with Crippen molar-refractivity contribution in [2.75, 3.05) is 0 Å². The smallest absolute Gasteiger partial charge is 0.184 e. The molecule has 3 saturated carbocycles. The van der Waals surface area contributed by atoms with Gasteiger partial charge in [-0.3, -0.25) is 4.79 Å². The molecule has 3 fully saturated rings. The molecule has 0 saturated heterocycles. The second-order valence-corrected chi connectivity index (χ2v) is 7.01. The summed E-state index contributed by atoms with van der Waals surface area (Å²) < 4.78 is 0. The fraction of sp³-hybridized carbons (Fsp3) is 0.737. The van der Waals surface area contributed by atoms with E-state index in [-0.39, 0.29) is 0 Å². The topological polar surface area (TPSA) is 17.1 Å². The zero-order valence-electron chi connectivity index (χ0n) is 12.7. The summed E-state index contributed by atoms with van der Waals surface area (Å²) in [6.45, 7) is 0. The first-order valence-electron chi connectivity index (χ1n) is 8.79. The number of ketones is 1. The molecule has 0 radical (unpaired) electrons. The molecule has 0 atom stereocenters. The van der Waals surface area contributed by atoms with Crippen molar-refractivity contribution in [3.05, 3.63) is 23.3 Å². The van der Waals surface area contributed by atoms with Crippen LogP contribution in [0.4, 0.5) is 0 Å². The molecule has 0 aromatic heterocycles. The van der Waals surface area contributed by atoms with Gasteiger partial charge in [-0.15, -0.1) is 0 Å². The number of carbonyl (C=O) groups excluding carboxylic acids is 1. The maximum absolute atomic E-state index is 12.5. The molecule has 0 amide bonds. The highest BCUT2D eigenvalue weighted by molar-refractivity contribution is 6.10. The molecule has 0 bridgehead atoms. The Kier molecular flexibility index (Phi) is 4.75. The molecular weight excluding hydrogens is 244 g/mol. The van der Waals surface area contributed by atoms with Gasteiger partial charge in [0.2, 0.25) is 0 Å². The third-order valence-corrected chi connectivity index (χ3v) is 5.42. The van der Waals surface area contributed by atoms with Gasteiger partial charge in [-0.05, 0) is 61.5 Å². The van der Waals surface area contributed by atoms with E-state index in [1.807, 2.05) is 0 Å². The minimum absolute atomic E-state index is 0.390. The quantitative estimate of drug-likeness (QED) is 0.618. The lowest BCUT2D eigenvalue weighted by molar-refractivity contribution is -0.111. The number of carbonyl (C=O) groups is 1. The van der Waals surface area contributed by atoms with Crippen molar-refractivity contribution >= 4 is 5.78 Å². The molecule has 0 N–H and O–H groups in total. The summed E-state index contributed by atoms with van der Waals surface area (Å²) in [6.07, 6.45) is 20.1. The van der Waals surface area contributed by atoms with Gasteiger partial charge >= 0.3 is 0 Å². The lowest BCUT2D eigenvalue weighted by Gasteiger charge is -2.19. The SMILES string of the molecule is O=C1/C(=C/C2CCCCC2)CC/C1=C\C1CCCCC1. The minimum atomic E-state index is 0.390. The second kappa shape index (κ2) is 6.74. The molecule has 0 aliphatic heterocycles. The molecule has 0 heterocycles. The molecule has 0 aromatic rings. The molecule has 1 nitrogen and oxygen atoms in total. The second-order valence-electron chi connectivity index (χ2n) is 7.01. The predicted octanol–water partition coefficient (Wildman–Crippen LogP) is 5.36. The van der Waals surface area contributed by atoms with Crippen molar-refractivity contribution in [2.24, 2.45) is 11.8 Å². The van der Waals surface area contributed by atoms with E-state index in [2.05, 4.69) is 12.2 Å². The van der Waals surface area contributed by atoms with Gasteiger partial charge in [-0.1, -0.05) is 50.7 Å². The van der Waals surface area contributed by atoms with Gasteiger partial charge in [0, 0.05) is 0 Å². The van der Waals surface area contributed by atoms with Crippen molar-refractivity contribution in [3.8, 4) is 0 Å². The van der Waals surface area contributed by atoms with Crippen LogP contribution in [0.1, 0.15) is 77.0 Å².